The monoisotopic (exact) mass is 160 g/mol. The summed E-state index contributed by atoms with van der Waals surface area (Å²) in [5, 5.41) is 22.2. The van der Waals surface area contributed by atoms with E-state index < -0.39 is 11.0 Å². The average molecular weight is 160 g/mol. The van der Waals surface area contributed by atoms with Crippen molar-refractivity contribution >= 4 is 0 Å². The Kier molecular flexibility index (Phi) is 2.78. The lowest BCUT2D eigenvalue weighted by atomic mass is 10.1. The van der Waals surface area contributed by atoms with Crippen LogP contribution in [-0.2, 0) is 0 Å². The Morgan fingerprint density at radius 2 is 2.55 bits per heavy atom. The maximum absolute atomic E-state index is 9.98. The Morgan fingerprint density at radius 3 is 3.00 bits per heavy atom. The lowest BCUT2D eigenvalue weighted by Gasteiger charge is -2.13. The summed E-state index contributed by atoms with van der Waals surface area (Å²) in [6.45, 7) is 0.511. The molecule has 1 aliphatic rings. The molecule has 0 amide bonds. The summed E-state index contributed by atoms with van der Waals surface area (Å²) < 4.78 is 0. The van der Waals surface area contributed by atoms with Gasteiger partial charge in [0, 0.05) is 11.0 Å². The SMILES string of the molecule is O=[N+]([O-])C[C@@H](O)[C@@H]1CCCN1. The summed E-state index contributed by atoms with van der Waals surface area (Å²) in [6, 6.07) is -0.0691. The highest BCUT2D eigenvalue weighted by Gasteiger charge is 2.25. The molecule has 1 fully saturated rings. The van der Waals surface area contributed by atoms with Crippen molar-refractivity contribution in [1.29, 1.82) is 0 Å². The van der Waals surface area contributed by atoms with Crippen LogP contribution in [-0.4, -0.2) is 35.3 Å². The molecular formula is C6H12N2O3. The molecule has 0 aromatic rings. The van der Waals surface area contributed by atoms with E-state index in [9.17, 15) is 15.2 Å². The van der Waals surface area contributed by atoms with Crippen molar-refractivity contribution in [2.24, 2.45) is 0 Å². The quantitative estimate of drug-likeness (QED) is 0.426. The Balaban J connectivity index is 2.28. The first kappa shape index (κ1) is 8.42. The summed E-state index contributed by atoms with van der Waals surface area (Å²) in [4.78, 5) is 9.50. The van der Waals surface area contributed by atoms with Gasteiger partial charge in [-0.2, -0.15) is 0 Å². The van der Waals surface area contributed by atoms with E-state index >= 15 is 0 Å². The van der Waals surface area contributed by atoms with Gasteiger partial charge in [0.15, 0.2) is 0 Å². The maximum Gasteiger partial charge on any atom is 0.230 e. The molecule has 0 unspecified atom stereocenters. The molecule has 0 saturated carbocycles. The lowest BCUT2D eigenvalue weighted by molar-refractivity contribution is -0.491. The molecule has 5 nitrogen and oxygen atoms in total. The predicted molar refractivity (Wildman–Crippen MR) is 38.9 cm³/mol. The zero-order valence-corrected chi connectivity index (χ0v) is 6.19. The summed E-state index contributed by atoms with van der Waals surface area (Å²) in [5.41, 5.74) is 0. The van der Waals surface area contributed by atoms with E-state index in [0.29, 0.717) is 0 Å². The van der Waals surface area contributed by atoms with Gasteiger partial charge in [-0.1, -0.05) is 0 Å². The van der Waals surface area contributed by atoms with Gasteiger partial charge in [-0.3, -0.25) is 10.1 Å². The average Bonchev–Trinajstić information content (AvgIpc) is 2.35. The van der Waals surface area contributed by atoms with Crippen molar-refractivity contribution in [3.63, 3.8) is 0 Å². The van der Waals surface area contributed by atoms with Crippen LogP contribution in [0.15, 0.2) is 0 Å². The van der Waals surface area contributed by atoms with Crippen LogP contribution in [0.25, 0.3) is 0 Å². The lowest BCUT2D eigenvalue weighted by Crippen LogP contribution is -2.39. The zero-order chi connectivity index (χ0) is 8.27. The van der Waals surface area contributed by atoms with Gasteiger partial charge in [0.1, 0.15) is 6.10 Å². The van der Waals surface area contributed by atoms with Crippen LogP contribution in [0.1, 0.15) is 12.8 Å². The molecule has 1 saturated heterocycles. The first-order valence-corrected chi connectivity index (χ1v) is 3.73. The Hall–Kier alpha value is -0.680. The van der Waals surface area contributed by atoms with Crippen LogP contribution >= 0.6 is 0 Å². The highest BCUT2D eigenvalue weighted by molar-refractivity contribution is 4.80. The second-order valence-electron chi connectivity index (χ2n) is 2.79. The van der Waals surface area contributed by atoms with Crippen molar-refractivity contribution in [1.82, 2.24) is 5.32 Å². The second-order valence-corrected chi connectivity index (χ2v) is 2.79. The van der Waals surface area contributed by atoms with Gasteiger partial charge in [-0.15, -0.1) is 0 Å². The molecule has 11 heavy (non-hydrogen) atoms. The van der Waals surface area contributed by atoms with Crippen LogP contribution in [0, 0.1) is 10.1 Å². The molecular weight excluding hydrogens is 148 g/mol. The first-order chi connectivity index (χ1) is 5.20. The third-order valence-electron chi connectivity index (χ3n) is 1.90. The number of aliphatic hydroxyl groups is 1. The maximum atomic E-state index is 9.98. The zero-order valence-electron chi connectivity index (χ0n) is 6.19. The number of rotatable bonds is 3. The minimum atomic E-state index is -0.826. The normalized spacial score (nSPS) is 26.8. The van der Waals surface area contributed by atoms with Crippen molar-refractivity contribution in [3.05, 3.63) is 10.1 Å². The van der Waals surface area contributed by atoms with E-state index in [2.05, 4.69) is 5.32 Å². The summed E-state index contributed by atoms with van der Waals surface area (Å²) in [6.07, 6.45) is 1.02. The molecule has 64 valence electrons. The van der Waals surface area contributed by atoms with Gasteiger partial charge in [-0.25, -0.2) is 0 Å². The largest absolute Gasteiger partial charge is 0.385 e. The van der Waals surface area contributed by atoms with Crippen LogP contribution in [0.5, 0.6) is 0 Å². The van der Waals surface area contributed by atoms with Gasteiger partial charge >= 0.3 is 0 Å². The second kappa shape index (κ2) is 3.64. The minimum Gasteiger partial charge on any atom is -0.385 e. The predicted octanol–water partition coefficient (Wildman–Crippen LogP) is -0.624. The number of hydrogen-bond donors (Lipinski definition) is 2. The van der Waals surface area contributed by atoms with E-state index in [0.717, 1.165) is 19.4 Å². The molecule has 2 N–H and O–H groups in total. The Bertz CT molecular complexity index is 145. The molecule has 1 rings (SSSR count). The fourth-order valence-electron chi connectivity index (χ4n) is 1.32. The van der Waals surface area contributed by atoms with E-state index in [1.165, 1.54) is 0 Å². The van der Waals surface area contributed by atoms with Crippen molar-refractivity contribution in [3.8, 4) is 0 Å². The van der Waals surface area contributed by atoms with Crippen molar-refractivity contribution in [2.75, 3.05) is 13.1 Å². The summed E-state index contributed by atoms with van der Waals surface area (Å²) in [5.74, 6) is 0. The number of nitro groups is 1. The molecule has 1 heterocycles. The number of aliphatic hydroxyl groups excluding tert-OH is 1. The van der Waals surface area contributed by atoms with E-state index in [1.807, 2.05) is 0 Å². The van der Waals surface area contributed by atoms with E-state index in [4.69, 9.17) is 0 Å². The van der Waals surface area contributed by atoms with E-state index in [1.54, 1.807) is 0 Å². The van der Waals surface area contributed by atoms with Gasteiger partial charge < -0.3 is 10.4 Å². The Labute approximate surface area is 64.6 Å². The fourth-order valence-corrected chi connectivity index (χ4v) is 1.32. The summed E-state index contributed by atoms with van der Waals surface area (Å²) in [7, 11) is 0. The molecule has 5 heteroatoms. The topological polar surface area (TPSA) is 75.4 Å². The minimum absolute atomic E-state index is 0.0691. The molecule has 0 aromatic carbocycles. The highest BCUT2D eigenvalue weighted by Crippen LogP contribution is 2.08. The molecule has 0 aliphatic carbocycles. The van der Waals surface area contributed by atoms with Crippen LogP contribution in [0.4, 0.5) is 0 Å². The van der Waals surface area contributed by atoms with Gasteiger partial charge in [0.05, 0.1) is 0 Å². The van der Waals surface area contributed by atoms with Gasteiger partial charge in [0.25, 0.3) is 0 Å². The van der Waals surface area contributed by atoms with Crippen molar-refractivity contribution in [2.45, 2.75) is 25.0 Å². The third kappa shape index (κ3) is 2.44. The molecule has 2 atom stereocenters. The molecule has 0 aromatic heterocycles. The van der Waals surface area contributed by atoms with Crippen LogP contribution < -0.4 is 5.32 Å². The van der Waals surface area contributed by atoms with Crippen molar-refractivity contribution < 1.29 is 10.0 Å². The number of hydrogen-bond acceptors (Lipinski definition) is 4. The smallest absolute Gasteiger partial charge is 0.230 e. The van der Waals surface area contributed by atoms with Crippen LogP contribution in [0.3, 0.4) is 0 Å². The highest BCUT2D eigenvalue weighted by atomic mass is 16.6. The molecule has 0 spiro atoms. The number of nitrogens with one attached hydrogen (secondary N) is 1. The molecule has 1 aliphatic heterocycles. The number of nitrogens with zero attached hydrogens (tertiary/aromatic N) is 1. The fraction of sp³-hybridized carbons (Fsp3) is 1.00. The standard InChI is InChI=1S/C6H12N2O3/c9-6(4-8(10)11)5-2-1-3-7-5/h5-7,9H,1-4H2/t5-,6+/m0/s1. The van der Waals surface area contributed by atoms with Crippen LogP contribution in [0.2, 0.25) is 0 Å². The van der Waals surface area contributed by atoms with Gasteiger partial charge in [-0.05, 0) is 19.4 Å². The Morgan fingerprint density at radius 1 is 1.82 bits per heavy atom. The van der Waals surface area contributed by atoms with E-state index in [-0.39, 0.29) is 12.6 Å². The van der Waals surface area contributed by atoms with Gasteiger partial charge in [0.2, 0.25) is 6.54 Å². The first-order valence-electron chi connectivity index (χ1n) is 3.73. The third-order valence-corrected chi connectivity index (χ3v) is 1.90. The molecule has 0 radical (unpaired) electrons. The molecule has 0 bridgehead atoms. The summed E-state index contributed by atoms with van der Waals surface area (Å²) >= 11 is 0.